The van der Waals surface area contributed by atoms with Crippen LogP contribution in [0.15, 0.2) is 35.9 Å². The van der Waals surface area contributed by atoms with Crippen molar-refractivity contribution in [3.8, 4) is 0 Å². The lowest BCUT2D eigenvalue weighted by atomic mass is 10.1. The molecule has 1 aromatic carbocycles. The molecule has 23 heavy (non-hydrogen) atoms. The molecule has 0 atom stereocenters. The Balaban J connectivity index is 2.85. The fourth-order valence-electron chi connectivity index (χ4n) is 1.89. The Morgan fingerprint density at radius 2 is 1.83 bits per heavy atom. The zero-order valence-electron chi connectivity index (χ0n) is 13.2. The summed E-state index contributed by atoms with van der Waals surface area (Å²) in [4.78, 5) is 25.1. The Hall–Kier alpha value is -2.31. The van der Waals surface area contributed by atoms with E-state index in [0.717, 1.165) is 11.6 Å². The van der Waals surface area contributed by atoms with E-state index in [0.29, 0.717) is 0 Å². The second-order valence-corrected chi connectivity index (χ2v) is 5.17. The Kier molecular flexibility index (Phi) is 6.36. The standard InChI is InChI=1S/C16H19F3N2O2/c1-4-21(15(23)9-11(2)3)10-14(22)20-13-8-6-5-7-12(13)16(17,18)19/h5-9H,4,10H2,1-3H3,(H,20,22). The lowest BCUT2D eigenvalue weighted by Gasteiger charge is -2.20. The van der Waals surface area contributed by atoms with Crippen molar-refractivity contribution in [3.63, 3.8) is 0 Å². The lowest BCUT2D eigenvalue weighted by Crippen LogP contribution is -2.37. The molecule has 0 aliphatic rings. The summed E-state index contributed by atoms with van der Waals surface area (Å²) in [5.74, 6) is -1.04. The summed E-state index contributed by atoms with van der Waals surface area (Å²) in [6, 6.07) is 4.71. The highest BCUT2D eigenvalue weighted by molar-refractivity contribution is 5.97. The number of hydrogen-bond donors (Lipinski definition) is 1. The molecule has 0 fully saturated rings. The smallest absolute Gasteiger partial charge is 0.330 e. The van der Waals surface area contributed by atoms with E-state index in [1.54, 1.807) is 20.8 Å². The number of halogens is 3. The van der Waals surface area contributed by atoms with Gasteiger partial charge in [0, 0.05) is 12.6 Å². The molecule has 0 unspecified atom stereocenters. The molecular weight excluding hydrogens is 309 g/mol. The maximum atomic E-state index is 12.9. The summed E-state index contributed by atoms with van der Waals surface area (Å²) in [5, 5.41) is 2.22. The van der Waals surface area contributed by atoms with Gasteiger partial charge in [0.05, 0.1) is 11.3 Å². The van der Waals surface area contributed by atoms with E-state index in [9.17, 15) is 22.8 Å². The minimum Gasteiger partial charge on any atom is -0.330 e. The van der Waals surface area contributed by atoms with Gasteiger partial charge in [-0.3, -0.25) is 9.59 Å². The normalized spacial score (nSPS) is 10.9. The highest BCUT2D eigenvalue weighted by atomic mass is 19.4. The number of alkyl halides is 3. The number of allylic oxidation sites excluding steroid dienone is 1. The largest absolute Gasteiger partial charge is 0.418 e. The van der Waals surface area contributed by atoms with E-state index in [2.05, 4.69) is 5.32 Å². The van der Waals surface area contributed by atoms with Gasteiger partial charge in [0.2, 0.25) is 11.8 Å². The van der Waals surface area contributed by atoms with Crippen LogP contribution in [-0.4, -0.2) is 29.8 Å². The minimum atomic E-state index is -4.56. The predicted molar refractivity (Wildman–Crippen MR) is 81.8 cm³/mol. The number of anilines is 1. The molecule has 0 radical (unpaired) electrons. The summed E-state index contributed by atoms with van der Waals surface area (Å²) in [6.07, 6.45) is -3.19. The summed E-state index contributed by atoms with van der Waals surface area (Å²) in [7, 11) is 0. The van der Waals surface area contributed by atoms with Crippen LogP contribution in [0.4, 0.5) is 18.9 Å². The number of carbonyl (C=O) groups is 2. The monoisotopic (exact) mass is 328 g/mol. The lowest BCUT2D eigenvalue weighted by molar-refractivity contribution is -0.137. The molecule has 1 N–H and O–H groups in total. The third-order valence-corrected chi connectivity index (χ3v) is 2.95. The van der Waals surface area contributed by atoms with Gasteiger partial charge >= 0.3 is 6.18 Å². The Bertz CT molecular complexity index is 606. The Morgan fingerprint density at radius 3 is 2.35 bits per heavy atom. The van der Waals surface area contributed by atoms with Gasteiger partial charge < -0.3 is 10.2 Å². The van der Waals surface area contributed by atoms with Crippen molar-refractivity contribution in [2.75, 3.05) is 18.4 Å². The van der Waals surface area contributed by atoms with Gasteiger partial charge in [0.1, 0.15) is 6.54 Å². The van der Waals surface area contributed by atoms with Crippen LogP contribution >= 0.6 is 0 Å². The maximum Gasteiger partial charge on any atom is 0.418 e. The SMILES string of the molecule is CCN(CC(=O)Nc1ccccc1C(F)(F)F)C(=O)C=C(C)C. The second kappa shape index (κ2) is 7.80. The molecule has 0 saturated heterocycles. The zero-order chi connectivity index (χ0) is 17.6. The van der Waals surface area contributed by atoms with Crippen molar-refractivity contribution in [2.45, 2.75) is 26.9 Å². The summed E-state index contributed by atoms with van der Waals surface area (Å²) >= 11 is 0. The number of amides is 2. The first-order valence-electron chi connectivity index (χ1n) is 7.05. The first-order valence-corrected chi connectivity index (χ1v) is 7.05. The number of hydrogen-bond acceptors (Lipinski definition) is 2. The molecule has 126 valence electrons. The minimum absolute atomic E-state index is 0.275. The topological polar surface area (TPSA) is 49.4 Å². The van der Waals surface area contributed by atoms with Crippen LogP contribution in [0.2, 0.25) is 0 Å². The highest BCUT2D eigenvalue weighted by Crippen LogP contribution is 2.34. The maximum absolute atomic E-state index is 12.9. The molecule has 0 aliphatic heterocycles. The summed E-state index contributed by atoms with van der Waals surface area (Å²) in [6.45, 7) is 5.13. The number of rotatable bonds is 5. The van der Waals surface area contributed by atoms with Crippen LogP contribution in [0.3, 0.4) is 0 Å². The third-order valence-electron chi connectivity index (χ3n) is 2.95. The molecule has 7 heteroatoms. The van der Waals surface area contributed by atoms with E-state index in [1.807, 2.05) is 0 Å². The molecule has 1 aromatic rings. The fraction of sp³-hybridized carbons (Fsp3) is 0.375. The molecule has 4 nitrogen and oxygen atoms in total. The quantitative estimate of drug-likeness (QED) is 0.842. The second-order valence-electron chi connectivity index (χ2n) is 5.17. The van der Waals surface area contributed by atoms with E-state index in [4.69, 9.17) is 0 Å². The molecule has 1 rings (SSSR count). The van der Waals surface area contributed by atoms with Crippen molar-refractivity contribution in [2.24, 2.45) is 0 Å². The van der Waals surface area contributed by atoms with Gasteiger partial charge in [-0.15, -0.1) is 0 Å². The van der Waals surface area contributed by atoms with E-state index in [-0.39, 0.29) is 24.7 Å². The molecule has 0 heterocycles. The van der Waals surface area contributed by atoms with Crippen LogP contribution in [0.1, 0.15) is 26.3 Å². The van der Waals surface area contributed by atoms with Crippen LogP contribution in [0.5, 0.6) is 0 Å². The molecular formula is C16H19F3N2O2. The number of carbonyl (C=O) groups excluding carboxylic acids is 2. The van der Waals surface area contributed by atoms with Gasteiger partial charge in [-0.2, -0.15) is 13.2 Å². The number of para-hydroxylation sites is 1. The first-order chi connectivity index (χ1) is 10.6. The van der Waals surface area contributed by atoms with Crippen molar-refractivity contribution >= 4 is 17.5 Å². The van der Waals surface area contributed by atoms with Gasteiger partial charge in [-0.25, -0.2) is 0 Å². The fourth-order valence-corrected chi connectivity index (χ4v) is 1.89. The van der Waals surface area contributed by atoms with E-state index < -0.39 is 17.6 Å². The van der Waals surface area contributed by atoms with Crippen molar-refractivity contribution in [3.05, 3.63) is 41.5 Å². The zero-order valence-corrected chi connectivity index (χ0v) is 13.2. The molecule has 0 spiro atoms. The highest BCUT2D eigenvalue weighted by Gasteiger charge is 2.33. The van der Waals surface area contributed by atoms with Gasteiger partial charge in [0.15, 0.2) is 0 Å². The van der Waals surface area contributed by atoms with Crippen molar-refractivity contribution in [1.82, 2.24) is 4.90 Å². The number of benzene rings is 1. The average Bonchev–Trinajstić information content (AvgIpc) is 2.43. The first kappa shape index (κ1) is 18.7. The molecule has 0 aliphatic carbocycles. The molecule has 0 saturated carbocycles. The van der Waals surface area contributed by atoms with Crippen molar-refractivity contribution in [1.29, 1.82) is 0 Å². The van der Waals surface area contributed by atoms with Crippen LogP contribution in [0.25, 0.3) is 0 Å². The molecule has 0 aromatic heterocycles. The van der Waals surface area contributed by atoms with Crippen LogP contribution in [-0.2, 0) is 15.8 Å². The number of nitrogens with zero attached hydrogens (tertiary/aromatic N) is 1. The van der Waals surface area contributed by atoms with Gasteiger partial charge in [-0.05, 0) is 32.9 Å². The average molecular weight is 328 g/mol. The molecule has 0 bridgehead atoms. The summed E-state index contributed by atoms with van der Waals surface area (Å²) < 4.78 is 38.6. The predicted octanol–water partition coefficient (Wildman–Crippen LogP) is 3.46. The Labute approximate surface area is 133 Å². The van der Waals surface area contributed by atoms with Crippen LogP contribution < -0.4 is 5.32 Å². The van der Waals surface area contributed by atoms with E-state index >= 15 is 0 Å². The third kappa shape index (κ3) is 5.77. The van der Waals surface area contributed by atoms with Crippen LogP contribution in [0, 0.1) is 0 Å². The van der Waals surface area contributed by atoms with Crippen molar-refractivity contribution < 1.29 is 22.8 Å². The number of likely N-dealkylation sites (N-methyl/N-ethyl adjacent to an activating group) is 1. The summed E-state index contributed by atoms with van der Waals surface area (Å²) in [5.41, 5.74) is -0.473. The molecule has 2 amide bonds. The van der Waals surface area contributed by atoms with E-state index in [1.165, 1.54) is 29.2 Å². The van der Waals surface area contributed by atoms with Gasteiger partial charge in [-0.1, -0.05) is 17.7 Å². The van der Waals surface area contributed by atoms with Gasteiger partial charge in [0.25, 0.3) is 0 Å². The number of nitrogens with one attached hydrogen (secondary N) is 1. The Morgan fingerprint density at radius 1 is 1.22 bits per heavy atom.